The number of hydrogen-bond donors (Lipinski definition) is 1. The summed E-state index contributed by atoms with van der Waals surface area (Å²) in [5.74, 6) is -1.05. The molecule has 13 heteroatoms. The standard InChI is InChI=1S/C31H19ClFN5O6/c32-23-13-18(14-25(38(41)42)29(23)43-17-28(39)35-21-11-9-20(33)10-12-21)16-34-37-30(27-15-19-5-1-4-8-26(19)44-27)36-24-7-3-2-6-22(24)31(37)40/h1-16H,17H2,(H,35,39). The number of nitrogens with one attached hydrogen (secondary N) is 1. The summed E-state index contributed by atoms with van der Waals surface area (Å²) < 4.78 is 25.5. The fourth-order valence-electron chi connectivity index (χ4n) is 4.43. The first-order valence-corrected chi connectivity index (χ1v) is 13.4. The topological polar surface area (TPSA) is 142 Å². The highest BCUT2D eigenvalue weighted by atomic mass is 35.5. The number of carbonyl (C=O) groups excluding carboxylic acids is 1. The van der Waals surface area contributed by atoms with Crippen molar-refractivity contribution in [3.63, 3.8) is 0 Å². The summed E-state index contributed by atoms with van der Waals surface area (Å²) in [7, 11) is 0. The molecule has 2 heterocycles. The highest BCUT2D eigenvalue weighted by molar-refractivity contribution is 6.32. The molecule has 0 spiro atoms. The van der Waals surface area contributed by atoms with Crippen molar-refractivity contribution in [2.24, 2.45) is 5.10 Å². The lowest BCUT2D eigenvalue weighted by atomic mass is 10.2. The minimum Gasteiger partial charge on any atom is -0.476 e. The van der Waals surface area contributed by atoms with Crippen molar-refractivity contribution in [1.82, 2.24) is 9.66 Å². The van der Waals surface area contributed by atoms with Gasteiger partial charge in [0.15, 0.2) is 12.4 Å². The average Bonchev–Trinajstić information content (AvgIpc) is 3.45. The zero-order valence-electron chi connectivity index (χ0n) is 22.4. The van der Waals surface area contributed by atoms with Crippen molar-refractivity contribution in [3.05, 3.63) is 128 Å². The molecule has 44 heavy (non-hydrogen) atoms. The first-order chi connectivity index (χ1) is 21.3. The predicted octanol–water partition coefficient (Wildman–Crippen LogP) is 6.41. The SMILES string of the molecule is O=C(COc1c(Cl)cc(C=Nn2c(-c3cc4ccccc4o3)nc3ccccc3c2=O)cc1[N+](=O)[O-])Nc1ccc(F)cc1. The fourth-order valence-corrected chi connectivity index (χ4v) is 4.70. The van der Waals surface area contributed by atoms with Gasteiger partial charge in [-0.3, -0.25) is 19.7 Å². The highest BCUT2D eigenvalue weighted by Crippen LogP contribution is 2.36. The third-order valence-corrected chi connectivity index (χ3v) is 6.72. The van der Waals surface area contributed by atoms with E-state index in [1.807, 2.05) is 18.2 Å². The van der Waals surface area contributed by atoms with Crippen LogP contribution in [-0.4, -0.2) is 33.3 Å². The van der Waals surface area contributed by atoms with Gasteiger partial charge in [0.2, 0.25) is 11.6 Å². The van der Waals surface area contributed by atoms with Gasteiger partial charge in [-0.05, 0) is 54.6 Å². The number of rotatable bonds is 8. The van der Waals surface area contributed by atoms with E-state index in [1.165, 1.54) is 36.5 Å². The van der Waals surface area contributed by atoms with E-state index in [4.69, 9.17) is 20.8 Å². The second-order valence-electron chi connectivity index (χ2n) is 9.41. The second kappa shape index (κ2) is 11.8. The molecule has 6 aromatic rings. The molecule has 2 aromatic heterocycles. The van der Waals surface area contributed by atoms with E-state index < -0.39 is 34.5 Å². The molecular formula is C31H19ClFN5O6. The molecule has 0 saturated heterocycles. The van der Waals surface area contributed by atoms with Crippen molar-refractivity contribution in [3.8, 4) is 17.3 Å². The Hall–Kier alpha value is -5.88. The lowest BCUT2D eigenvalue weighted by Crippen LogP contribution is -2.20. The Balaban J connectivity index is 1.33. The van der Waals surface area contributed by atoms with Crippen LogP contribution in [-0.2, 0) is 4.79 Å². The van der Waals surface area contributed by atoms with Gasteiger partial charge in [0.25, 0.3) is 11.5 Å². The zero-order valence-corrected chi connectivity index (χ0v) is 23.2. The molecule has 0 aliphatic carbocycles. The number of furan rings is 1. The van der Waals surface area contributed by atoms with Crippen molar-refractivity contribution in [1.29, 1.82) is 0 Å². The molecule has 0 saturated carbocycles. The number of anilines is 1. The largest absolute Gasteiger partial charge is 0.476 e. The number of amides is 1. The molecule has 0 bridgehead atoms. The van der Waals surface area contributed by atoms with Crippen LogP contribution in [0.1, 0.15) is 5.56 Å². The fraction of sp³-hybridized carbons (Fsp3) is 0.0323. The van der Waals surface area contributed by atoms with Gasteiger partial charge in [-0.25, -0.2) is 9.37 Å². The summed E-state index contributed by atoms with van der Waals surface area (Å²) in [4.78, 5) is 41.6. The Bertz CT molecular complexity index is 2130. The van der Waals surface area contributed by atoms with Gasteiger partial charge < -0.3 is 14.5 Å². The number of hydrogen-bond acceptors (Lipinski definition) is 8. The number of halogens is 2. The van der Waals surface area contributed by atoms with Crippen LogP contribution in [0.2, 0.25) is 5.02 Å². The summed E-state index contributed by atoms with van der Waals surface area (Å²) in [6.45, 7) is -0.607. The third kappa shape index (κ3) is 5.74. The maximum atomic E-state index is 13.5. The molecule has 0 aliphatic rings. The van der Waals surface area contributed by atoms with Crippen LogP contribution < -0.4 is 15.6 Å². The molecule has 0 aliphatic heterocycles. The molecule has 1 amide bonds. The van der Waals surface area contributed by atoms with Gasteiger partial charge in [-0.15, -0.1) is 0 Å². The smallest absolute Gasteiger partial charge is 0.313 e. The van der Waals surface area contributed by atoms with E-state index in [1.54, 1.807) is 36.4 Å². The third-order valence-electron chi connectivity index (χ3n) is 6.44. The van der Waals surface area contributed by atoms with E-state index >= 15 is 0 Å². The summed E-state index contributed by atoms with van der Waals surface area (Å²) in [5, 5.41) is 19.6. The van der Waals surface area contributed by atoms with Gasteiger partial charge in [-0.1, -0.05) is 41.9 Å². The molecule has 4 aromatic carbocycles. The lowest BCUT2D eigenvalue weighted by molar-refractivity contribution is -0.385. The molecule has 218 valence electrons. The van der Waals surface area contributed by atoms with E-state index in [2.05, 4.69) is 15.4 Å². The molecule has 0 unspecified atom stereocenters. The van der Waals surface area contributed by atoms with Gasteiger partial charge in [0, 0.05) is 22.7 Å². The van der Waals surface area contributed by atoms with Gasteiger partial charge in [0.1, 0.15) is 11.4 Å². The Morgan fingerprint density at radius 3 is 2.61 bits per heavy atom. The Kier molecular flexibility index (Phi) is 7.56. The minimum atomic E-state index is -0.722. The second-order valence-corrected chi connectivity index (χ2v) is 9.82. The predicted molar refractivity (Wildman–Crippen MR) is 163 cm³/mol. The van der Waals surface area contributed by atoms with Crippen LogP contribution in [0.3, 0.4) is 0 Å². The van der Waals surface area contributed by atoms with Gasteiger partial charge in [0.05, 0.1) is 27.1 Å². The van der Waals surface area contributed by atoms with Gasteiger partial charge in [-0.2, -0.15) is 9.78 Å². The summed E-state index contributed by atoms with van der Waals surface area (Å²) in [6, 6.07) is 23.3. The van der Waals surface area contributed by atoms with Crippen LogP contribution in [0, 0.1) is 15.9 Å². The number of benzene rings is 4. The Morgan fingerprint density at radius 2 is 1.84 bits per heavy atom. The van der Waals surface area contributed by atoms with Gasteiger partial charge >= 0.3 is 5.69 Å². The lowest BCUT2D eigenvalue weighted by Gasteiger charge is -2.10. The van der Waals surface area contributed by atoms with Crippen LogP contribution in [0.5, 0.6) is 5.75 Å². The maximum absolute atomic E-state index is 13.5. The molecule has 6 rings (SSSR count). The number of nitro groups is 1. The highest BCUT2D eigenvalue weighted by Gasteiger charge is 2.22. The van der Waals surface area contributed by atoms with Crippen LogP contribution in [0.15, 0.2) is 105 Å². The quantitative estimate of drug-likeness (QED) is 0.119. The molecule has 1 N–H and O–H groups in total. The van der Waals surface area contributed by atoms with E-state index in [-0.39, 0.29) is 27.9 Å². The number of nitrogens with zero attached hydrogens (tertiary/aromatic N) is 4. The number of nitro benzene ring substituents is 1. The molecule has 0 fully saturated rings. The Labute approximate surface area is 251 Å². The normalized spacial score (nSPS) is 11.3. The summed E-state index contributed by atoms with van der Waals surface area (Å²) in [5.41, 5.74) is 0.478. The van der Waals surface area contributed by atoms with E-state index in [9.17, 15) is 24.1 Å². The average molecular weight is 612 g/mol. The first-order valence-electron chi connectivity index (χ1n) is 13.0. The number of ether oxygens (including phenoxy) is 1. The van der Waals surface area contributed by atoms with E-state index in [0.717, 1.165) is 16.1 Å². The Morgan fingerprint density at radius 1 is 1.09 bits per heavy atom. The minimum absolute atomic E-state index is 0.119. The van der Waals surface area contributed by atoms with Crippen molar-refractivity contribution in [2.45, 2.75) is 0 Å². The van der Waals surface area contributed by atoms with E-state index in [0.29, 0.717) is 22.2 Å². The monoisotopic (exact) mass is 611 g/mol. The van der Waals surface area contributed by atoms with Crippen LogP contribution >= 0.6 is 11.6 Å². The number of carbonyl (C=O) groups is 1. The number of aromatic nitrogens is 2. The first kappa shape index (κ1) is 28.2. The molecule has 0 radical (unpaired) electrons. The summed E-state index contributed by atoms with van der Waals surface area (Å²) >= 11 is 6.34. The number of fused-ring (bicyclic) bond motifs is 2. The van der Waals surface area contributed by atoms with Crippen LogP contribution in [0.25, 0.3) is 33.5 Å². The number of para-hydroxylation sites is 2. The molecule has 0 atom stereocenters. The zero-order chi connectivity index (χ0) is 30.8. The molecule has 11 nitrogen and oxygen atoms in total. The molecular weight excluding hydrogens is 593 g/mol. The maximum Gasteiger partial charge on any atom is 0.313 e. The van der Waals surface area contributed by atoms with Crippen molar-refractivity contribution in [2.75, 3.05) is 11.9 Å². The van der Waals surface area contributed by atoms with Crippen LogP contribution in [0.4, 0.5) is 15.8 Å². The summed E-state index contributed by atoms with van der Waals surface area (Å²) in [6.07, 6.45) is 1.22. The van der Waals surface area contributed by atoms with Crippen molar-refractivity contribution < 1.29 is 23.3 Å². The van der Waals surface area contributed by atoms with Crippen molar-refractivity contribution >= 4 is 57.0 Å².